The van der Waals surface area contributed by atoms with Crippen molar-refractivity contribution in [1.29, 1.82) is 0 Å². The summed E-state index contributed by atoms with van der Waals surface area (Å²) in [6.45, 7) is 5.98. The van der Waals surface area contributed by atoms with Crippen molar-refractivity contribution in [1.82, 2.24) is 15.3 Å². The standard InChI is InChI=1S/C17H23N3O/c1-4-8-18-12-15-9-13(2)19-17(20-15)11-14-6-5-7-16(10-14)21-3/h5-7,9-10,18H,4,8,11-12H2,1-3H3. The second-order valence-corrected chi connectivity index (χ2v) is 5.12. The van der Waals surface area contributed by atoms with E-state index in [1.807, 2.05) is 31.2 Å². The number of hydrogen-bond donors (Lipinski definition) is 1. The molecule has 0 atom stereocenters. The summed E-state index contributed by atoms with van der Waals surface area (Å²) in [4.78, 5) is 9.17. The highest BCUT2D eigenvalue weighted by molar-refractivity contribution is 5.30. The van der Waals surface area contributed by atoms with Crippen LogP contribution in [0.3, 0.4) is 0 Å². The van der Waals surface area contributed by atoms with Gasteiger partial charge in [0.1, 0.15) is 11.6 Å². The fourth-order valence-corrected chi connectivity index (χ4v) is 2.23. The molecule has 1 aromatic heterocycles. The fourth-order valence-electron chi connectivity index (χ4n) is 2.23. The van der Waals surface area contributed by atoms with Crippen molar-refractivity contribution < 1.29 is 4.74 Å². The first-order valence-corrected chi connectivity index (χ1v) is 7.38. The summed E-state index contributed by atoms with van der Waals surface area (Å²) in [6, 6.07) is 10.1. The van der Waals surface area contributed by atoms with Gasteiger partial charge in [-0.2, -0.15) is 0 Å². The Bertz CT molecular complexity index is 584. The van der Waals surface area contributed by atoms with Gasteiger partial charge in [-0.1, -0.05) is 19.1 Å². The molecule has 2 rings (SSSR count). The number of benzene rings is 1. The third-order valence-electron chi connectivity index (χ3n) is 3.18. The van der Waals surface area contributed by atoms with Crippen LogP contribution in [0.5, 0.6) is 5.75 Å². The van der Waals surface area contributed by atoms with Crippen molar-refractivity contribution in [2.45, 2.75) is 33.2 Å². The Morgan fingerprint density at radius 1 is 1.19 bits per heavy atom. The SMILES string of the molecule is CCCNCc1cc(C)nc(Cc2cccc(OC)c2)n1. The van der Waals surface area contributed by atoms with Crippen LogP contribution in [0.2, 0.25) is 0 Å². The predicted molar refractivity (Wildman–Crippen MR) is 84.6 cm³/mol. The van der Waals surface area contributed by atoms with E-state index in [4.69, 9.17) is 4.74 Å². The largest absolute Gasteiger partial charge is 0.497 e. The van der Waals surface area contributed by atoms with E-state index >= 15 is 0 Å². The summed E-state index contributed by atoms with van der Waals surface area (Å²) in [7, 11) is 1.68. The topological polar surface area (TPSA) is 47.0 Å². The quantitative estimate of drug-likeness (QED) is 0.795. The Morgan fingerprint density at radius 2 is 2.05 bits per heavy atom. The lowest BCUT2D eigenvalue weighted by Gasteiger charge is -2.08. The van der Waals surface area contributed by atoms with Gasteiger partial charge in [-0.05, 0) is 43.7 Å². The zero-order valence-corrected chi connectivity index (χ0v) is 13.0. The van der Waals surface area contributed by atoms with Crippen LogP contribution < -0.4 is 10.1 Å². The summed E-state index contributed by atoms with van der Waals surface area (Å²) in [5.41, 5.74) is 3.22. The van der Waals surface area contributed by atoms with Gasteiger partial charge in [-0.3, -0.25) is 0 Å². The Labute approximate surface area is 126 Å². The first kappa shape index (κ1) is 15.4. The molecule has 0 fully saturated rings. The number of methoxy groups -OCH3 is 1. The highest BCUT2D eigenvalue weighted by Crippen LogP contribution is 2.15. The van der Waals surface area contributed by atoms with Gasteiger partial charge < -0.3 is 10.1 Å². The molecule has 0 saturated heterocycles. The first-order valence-electron chi connectivity index (χ1n) is 7.38. The minimum atomic E-state index is 0.722. The third-order valence-corrected chi connectivity index (χ3v) is 3.18. The van der Waals surface area contributed by atoms with Gasteiger partial charge in [-0.15, -0.1) is 0 Å². The molecule has 0 amide bonds. The van der Waals surface area contributed by atoms with E-state index in [0.717, 1.165) is 54.5 Å². The Kier molecular flexibility index (Phi) is 5.69. The molecule has 1 aromatic carbocycles. The van der Waals surface area contributed by atoms with Gasteiger partial charge in [0.05, 0.1) is 12.8 Å². The smallest absolute Gasteiger partial charge is 0.133 e. The van der Waals surface area contributed by atoms with Crippen LogP contribution >= 0.6 is 0 Å². The van der Waals surface area contributed by atoms with Gasteiger partial charge in [0, 0.05) is 18.7 Å². The summed E-state index contributed by atoms with van der Waals surface area (Å²) in [5.74, 6) is 1.72. The lowest BCUT2D eigenvalue weighted by Crippen LogP contribution is -2.16. The molecule has 0 unspecified atom stereocenters. The molecule has 0 saturated carbocycles. The number of rotatable bonds is 7. The second-order valence-electron chi connectivity index (χ2n) is 5.12. The van der Waals surface area contributed by atoms with E-state index in [9.17, 15) is 0 Å². The molecule has 112 valence electrons. The summed E-state index contributed by atoms with van der Waals surface area (Å²) < 4.78 is 5.25. The van der Waals surface area contributed by atoms with Crippen LogP contribution in [0.25, 0.3) is 0 Å². The van der Waals surface area contributed by atoms with Gasteiger partial charge in [0.2, 0.25) is 0 Å². The average molecular weight is 285 g/mol. The van der Waals surface area contributed by atoms with Gasteiger partial charge in [-0.25, -0.2) is 9.97 Å². The molecule has 0 aliphatic heterocycles. The van der Waals surface area contributed by atoms with Crippen molar-refractivity contribution in [3.63, 3.8) is 0 Å². The Hall–Kier alpha value is -1.94. The van der Waals surface area contributed by atoms with Crippen LogP contribution in [0.1, 0.15) is 36.1 Å². The van der Waals surface area contributed by atoms with Gasteiger partial charge >= 0.3 is 0 Å². The molecular weight excluding hydrogens is 262 g/mol. The number of nitrogens with one attached hydrogen (secondary N) is 1. The summed E-state index contributed by atoms with van der Waals surface area (Å²) in [5, 5.41) is 3.38. The van der Waals surface area contributed by atoms with E-state index in [1.54, 1.807) is 7.11 Å². The van der Waals surface area contributed by atoms with Crippen LogP contribution in [-0.4, -0.2) is 23.6 Å². The van der Waals surface area contributed by atoms with E-state index < -0.39 is 0 Å². The minimum Gasteiger partial charge on any atom is -0.497 e. The molecule has 0 radical (unpaired) electrons. The number of nitrogens with zero attached hydrogens (tertiary/aromatic N) is 2. The van der Waals surface area contributed by atoms with Crippen molar-refractivity contribution in [3.8, 4) is 5.75 Å². The molecule has 4 heteroatoms. The molecule has 1 heterocycles. The lowest BCUT2D eigenvalue weighted by molar-refractivity contribution is 0.414. The van der Waals surface area contributed by atoms with Crippen molar-refractivity contribution in [2.24, 2.45) is 0 Å². The van der Waals surface area contributed by atoms with Gasteiger partial charge in [0.15, 0.2) is 0 Å². The third kappa shape index (κ3) is 4.83. The van der Waals surface area contributed by atoms with Crippen LogP contribution in [0.15, 0.2) is 30.3 Å². The fraction of sp³-hybridized carbons (Fsp3) is 0.412. The molecule has 0 spiro atoms. The van der Waals surface area contributed by atoms with Gasteiger partial charge in [0.25, 0.3) is 0 Å². The average Bonchev–Trinajstić information content (AvgIpc) is 2.47. The molecule has 0 aliphatic rings. The molecule has 0 bridgehead atoms. The maximum absolute atomic E-state index is 5.25. The molecule has 1 N–H and O–H groups in total. The normalized spacial score (nSPS) is 10.6. The van der Waals surface area contributed by atoms with E-state index in [2.05, 4.69) is 28.3 Å². The summed E-state index contributed by atoms with van der Waals surface area (Å²) >= 11 is 0. The highest BCUT2D eigenvalue weighted by Gasteiger charge is 2.05. The van der Waals surface area contributed by atoms with E-state index in [-0.39, 0.29) is 0 Å². The lowest BCUT2D eigenvalue weighted by atomic mass is 10.1. The van der Waals surface area contributed by atoms with Crippen LogP contribution in [0.4, 0.5) is 0 Å². The molecule has 0 aliphatic carbocycles. The van der Waals surface area contributed by atoms with E-state index in [1.165, 1.54) is 0 Å². The zero-order valence-electron chi connectivity index (χ0n) is 13.0. The molecular formula is C17H23N3O. The Morgan fingerprint density at radius 3 is 2.81 bits per heavy atom. The van der Waals surface area contributed by atoms with E-state index in [0.29, 0.717) is 0 Å². The maximum atomic E-state index is 5.25. The minimum absolute atomic E-state index is 0.722. The number of aromatic nitrogens is 2. The van der Waals surface area contributed by atoms with Crippen molar-refractivity contribution >= 4 is 0 Å². The first-order chi connectivity index (χ1) is 10.2. The van der Waals surface area contributed by atoms with Crippen LogP contribution in [-0.2, 0) is 13.0 Å². The Balaban J connectivity index is 2.11. The molecule has 2 aromatic rings. The van der Waals surface area contributed by atoms with Crippen molar-refractivity contribution in [3.05, 3.63) is 53.1 Å². The second kappa shape index (κ2) is 7.74. The molecule has 4 nitrogen and oxygen atoms in total. The molecule has 21 heavy (non-hydrogen) atoms. The number of hydrogen-bond acceptors (Lipinski definition) is 4. The zero-order chi connectivity index (χ0) is 15.1. The summed E-state index contributed by atoms with van der Waals surface area (Å²) in [6.07, 6.45) is 1.85. The number of aryl methyl sites for hydroxylation is 1. The maximum Gasteiger partial charge on any atom is 0.133 e. The van der Waals surface area contributed by atoms with Crippen LogP contribution in [0, 0.1) is 6.92 Å². The number of ether oxygens (including phenoxy) is 1. The monoisotopic (exact) mass is 285 g/mol. The predicted octanol–water partition coefficient (Wildman–Crippen LogP) is 2.88. The van der Waals surface area contributed by atoms with Crippen molar-refractivity contribution in [2.75, 3.05) is 13.7 Å². The highest BCUT2D eigenvalue weighted by atomic mass is 16.5.